The van der Waals surface area contributed by atoms with Gasteiger partial charge in [0.1, 0.15) is 5.52 Å². The molecule has 0 spiro atoms. The van der Waals surface area contributed by atoms with Crippen molar-refractivity contribution in [2.45, 2.75) is 94.5 Å². The molecule has 1 fully saturated rings. The van der Waals surface area contributed by atoms with Crippen molar-refractivity contribution in [3.63, 3.8) is 0 Å². The van der Waals surface area contributed by atoms with Crippen molar-refractivity contribution in [3.05, 3.63) is 24.3 Å². The third-order valence-corrected chi connectivity index (χ3v) is 5.04. The molecule has 1 saturated carbocycles. The van der Waals surface area contributed by atoms with Crippen LogP contribution in [0.4, 0.5) is 5.95 Å². The summed E-state index contributed by atoms with van der Waals surface area (Å²) >= 11 is 0. The number of nitrogens with one attached hydrogen (secondary N) is 1. The second-order valence-corrected chi connectivity index (χ2v) is 7.21. The van der Waals surface area contributed by atoms with E-state index in [-0.39, 0.29) is 0 Å². The van der Waals surface area contributed by atoms with Crippen molar-refractivity contribution in [1.29, 1.82) is 0 Å². The average molecular weight is 431 g/mol. The molecule has 0 bridgehead atoms. The maximum atomic E-state index is 4.75. The van der Waals surface area contributed by atoms with Crippen LogP contribution in [0.2, 0.25) is 0 Å². The number of fused-ring (bicyclic) bond motifs is 1. The number of hydrogen-bond donors (Lipinski definition) is 1. The normalized spacial score (nSPS) is 19.6. The van der Waals surface area contributed by atoms with E-state index in [1.807, 2.05) is 61.7 Å². The number of rotatable bonds is 6. The fourth-order valence-electron chi connectivity index (χ4n) is 3.87. The molecule has 1 aliphatic carbocycles. The monoisotopic (exact) mass is 430 g/mol. The van der Waals surface area contributed by atoms with Crippen LogP contribution in [0.3, 0.4) is 0 Å². The van der Waals surface area contributed by atoms with E-state index >= 15 is 0 Å². The molecule has 176 valence electrons. The summed E-state index contributed by atoms with van der Waals surface area (Å²) in [5, 5.41) is 3.30. The second-order valence-electron chi connectivity index (χ2n) is 7.21. The van der Waals surface area contributed by atoms with Crippen LogP contribution in [-0.4, -0.2) is 32.3 Å². The smallest absolute Gasteiger partial charge is 0.225 e. The number of hydrogen-bond acceptors (Lipinski definition) is 5. The van der Waals surface area contributed by atoms with Gasteiger partial charge in [-0.3, -0.25) is 4.99 Å². The number of nitrogens with zero attached hydrogens (tertiary/aromatic N) is 5. The van der Waals surface area contributed by atoms with Crippen molar-refractivity contribution in [3.8, 4) is 0 Å². The molecule has 0 radical (unpaired) electrons. The van der Waals surface area contributed by atoms with Crippen molar-refractivity contribution in [2.75, 3.05) is 11.9 Å². The summed E-state index contributed by atoms with van der Waals surface area (Å²) < 4.78 is 2.25. The molecule has 2 aromatic heterocycles. The Morgan fingerprint density at radius 2 is 1.81 bits per heavy atom. The molecular formula is C25H46N6. The summed E-state index contributed by atoms with van der Waals surface area (Å²) in [7, 11) is 0. The maximum absolute atomic E-state index is 4.75. The van der Waals surface area contributed by atoms with E-state index in [2.05, 4.69) is 45.3 Å². The Labute approximate surface area is 190 Å². The van der Waals surface area contributed by atoms with E-state index in [0.29, 0.717) is 24.5 Å². The molecule has 6 nitrogen and oxygen atoms in total. The summed E-state index contributed by atoms with van der Waals surface area (Å²) in [5.74, 6) is 2.05. The number of aryl methyl sites for hydroxylation is 1. The first kappa shape index (κ1) is 28.8. The van der Waals surface area contributed by atoms with Crippen LogP contribution in [0.15, 0.2) is 23.6 Å². The van der Waals surface area contributed by atoms with Crippen LogP contribution in [0.25, 0.3) is 11.2 Å². The quantitative estimate of drug-likeness (QED) is 0.491. The topological polar surface area (TPSA) is 68.0 Å². The van der Waals surface area contributed by atoms with Gasteiger partial charge in [0.2, 0.25) is 5.95 Å². The van der Waals surface area contributed by atoms with Crippen LogP contribution in [0, 0.1) is 18.8 Å². The lowest BCUT2D eigenvalue weighted by Gasteiger charge is -2.17. The van der Waals surface area contributed by atoms with E-state index < -0.39 is 0 Å². The Morgan fingerprint density at radius 1 is 1.16 bits per heavy atom. The molecule has 0 aromatic carbocycles. The molecule has 3 atom stereocenters. The maximum Gasteiger partial charge on any atom is 0.225 e. The van der Waals surface area contributed by atoms with Gasteiger partial charge in [-0.25, -0.2) is 9.97 Å². The van der Waals surface area contributed by atoms with E-state index in [1.165, 1.54) is 12.8 Å². The predicted molar refractivity (Wildman–Crippen MR) is 137 cm³/mol. The summed E-state index contributed by atoms with van der Waals surface area (Å²) in [4.78, 5) is 18.1. The third kappa shape index (κ3) is 8.08. The highest BCUT2D eigenvalue weighted by Crippen LogP contribution is 2.40. The second kappa shape index (κ2) is 15.5. The van der Waals surface area contributed by atoms with Crippen LogP contribution in [-0.2, 0) is 0 Å². The Kier molecular flexibility index (Phi) is 14.4. The highest BCUT2D eigenvalue weighted by molar-refractivity contribution is 5.74. The average Bonchev–Trinajstić information content (AvgIpc) is 3.35. The van der Waals surface area contributed by atoms with Gasteiger partial charge in [-0.2, -0.15) is 4.98 Å². The minimum absolute atomic E-state index is 0.473. The van der Waals surface area contributed by atoms with Gasteiger partial charge in [0, 0.05) is 30.9 Å². The van der Waals surface area contributed by atoms with Gasteiger partial charge >= 0.3 is 0 Å². The van der Waals surface area contributed by atoms with Gasteiger partial charge in [0.05, 0.1) is 12.0 Å². The molecule has 31 heavy (non-hydrogen) atoms. The fraction of sp³-hybridized carbons (Fsp3) is 0.680. The molecule has 3 rings (SSSR count). The summed E-state index contributed by atoms with van der Waals surface area (Å²) in [6.45, 7) is 25.2. The molecule has 2 heterocycles. The zero-order valence-electron chi connectivity index (χ0n) is 21.7. The molecule has 6 heteroatoms. The lowest BCUT2D eigenvalue weighted by Crippen LogP contribution is -2.13. The van der Waals surface area contributed by atoms with Crippen LogP contribution < -0.4 is 5.32 Å². The molecule has 2 aromatic rings. The fourth-order valence-corrected chi connectivity index (χ4v) is 3.87. The van der Waals surface area contributed by atoms with Gasteiger partial charge in [-0.15, -0.1) is 0 Å². The lowest BCUT2D eigenvalue weighted by atomic mass is 10.1. The first-order valence-electron chi connectivity index (χ1n) is 12.1. The molecule has 0 aliphatic heterocycles. The Morgan fingerprint density at radius 3 is 2.35 bits per heavy atom. The van der Waals surface area contributed by atoms with Gasteiger partial charge < -0.3 is 9.88 Å². The van der Waals surface area contributed by atoms with E-state index in [9.17, 15) is 0 Å². The molecule has 0 amide bonds. The highest BCUT2D eigenvalue weighted by Gasteiger charge is 2.31. The van der Waals surface area contributed by atoms with Gasteiger partial charge in [0.25, 0.3) is 0 Å². The number of anilines is 1. The minimum atomic E-state index is 0.473. The number of aromatic nitrogens is 4. The van der Waals surface area contributed by atoms with E-state index in [4.69, 9.17) is 4.98 Å². The van der Waals surface area contributed by atoms with Gasteiger partial charge in [-0.1, -0.05) is 62.0 Å². The number of aliphatic imine (C=N–C) groups is 1. The first-order chi connectivity index (χ1) is 15.0. The lowest BCUT2D eigenvalue weighted by molar-refractivity contribution is 0.414. The molecule has 1 aliphatic rings. The zero-order chi connectivity index (χ0) is 24.0. The summed E-state index contributed by atoms with van der Waals surface area (Å²) in [5.41, 5.74) is 3.60. The SMILES string of the molecule is C=C(CCNc1nc(C)c2ncn(C3CC(C)C[C@H]3C)c2n1)N=CC.CC.CC.CC. The largest absolute Gasteiger partial charge is 0.354 e. The van der Waals surface area contributed by atoms with Gasteiger partial charge in [0.15, 0.2) is 5.65 Å². The van der Waals surface area contributed by atoms with Crippen molar-refractivity contribution < 1.29 is 0 Å². The van der Waals surface area contributed by atoms with Crippen LogP contribution in [0.1, 0.15) is 93.3 Å². The Hall–Kier alpha value is -2.24. The highest BCUT2D eigenvalue weighted by atomic mass is 15.2. The Bertz CT molecular complexity index is 793. The third-order valence-electron chi connectivity index (χ3n) is 5.04. The minimum Gasteiger partial charge on any atom is -0.354 e. The molecule has 2 unspecified atom stereocenters. The van der Waals surface area contributed by atoms with Gasteiger partial charge in [-0.05, 0) is 38.5 Å². The molecule has 0 saturated heterocycles. The molecular weight excluding hydrogens is 384 g/mol. The van der Waals surface area contributed by atoms with E-state index in [1.54, 1.807) is 6.21 Å². The predicted octanol–water partition coefficient (Wildman–Crippen LogP) is 7.23. The standard InChI is InChI=1S/C19H28N6.3C2H6/c1-6-20-14(4)7-8-21-19-23-15(5)17-18(24-19)25(11-22-17)16-10-12(2)9-13(16)3;3*1-2/h6,11-13,16H,4,7-10H2,1-3,5H3,(H,21,23,24);3*1-2H3/t12?,13-,16?;;;/m1.../s1. The van der Waals surface area contributed by atoms with Crippen molar-refractivity contribution >= 4 is 23.3 Å². The van der Waals surface area contributed by atoms with Crippen LogP contribution >= 0.6 is 0 Å². The summed E-state index contributed by atoms with van der Waals surface area (Å²) in [6, 6.07) is 0.473. The molecule has 1 N–H and O–H groups in total. The van der Waals surface area contributed by atoms with Crippen molar-refractivity contribution in [1.82, 2.24) is 19.5 Å². The zero-order valence-corrected chi connectivity index (χ0v) is 21.7. The first-order valence-corrected chi connectivity index (χ1v) is 12.1. The summed E-state index contributed by atoms with van der Waals surface area (Å²) in [6.07, 6.45) is 6.92. The van der Waals surface area contributed by atoms with Crippen LogP contribution in [0.5, 0.6) is 0 Å². The van der Waals surface area contributed by atoms with Crippen molar-refractivity contribution in [2.24, 2.45) is 16.8 Å². The Balaban J connectivity index is 0.00000138. The number of imidazole rings is 1. The van der Waals surface area contributed by atoms with E-state index in [0.717, 1.165) is 34.9 Å².